The third-order valence-corrected chi connectivity index (χ3v) is 4.48. The van der Waals surface area contributed by atoms with Crippen molar-refractivity contribution in [3.05, 3.63) is 81.8 Å². The smallest absolute Gasteiger partial charge is 0.328 e. The van der Waals surface area contributed by atoms with E-state index in [-0.39, 0.29) is 5.56 Å². The number of aromatic amines is 1. The number of halogens is 1. The van der Waals surface area contributed by atoms with E-state index in [1.54, 1.807) is 45.2 Å². The van der Waals surface area contributed by atoms with Gasteiger partial charge in [-0.2, -0.15) is 0 Å². The highest BCUT2D eigenvalue weighted by Crippen LogP contribution is 2.39. The van der Waals surface area contributed by atoms with Crippen LogP contribution in [0.1, 0.15) is 31.9 Å². The van der Waals surface area contributed by atoms with Gasteiger partial charge in [0.2, 0.25) is 6.54 Å². The summed E-state index contributed by atoms with van der Waals surface area (Å²) in [5.41, 5.74) is -1.43. The van der Waals surface area contributed by atoms with Crippen LogP contribution in [0.25, 0.3) is 10.9 Å². The van der Waals surface area contributed by atoms with Crippen molar-refractivity contribution < 1.29 is 18.8 Å². The summed E-state index contributed by atoms with van der Waals surface area (Å²) in [6.45, 7) is 4.28. The lowest BCUT2D eigenvalue weighted by Crippen LogP contribution is -2.47. The number of fused-ring (bicyclic) bond motifs is 1. The first-order valence-corrected chi connectivity index (χ1v) is 8.81. The van der Waals surface area contributed by atoms with E-state index in [1.807, 2.05) is 6.07 Å². The lowest BCUT2D eigenvalue weighted by Gasteiger charge is -2.32. The molecule has 0 saturated heterocycles. The molecule has 0 spiro atoms. The first-order valence-electron chi connectivity index (χ1n) is 8.81. The van der Waals surface area contributed by atoms with E-state index in [2.05, 4.69) is 4.98 Å². The van der Waals surface area contributed by atoms with E-state index >= 15 is 0 Å². The Balaban J connectivity index is 2.35. The van der Waals surface area contributed by atoms with Crippen LogP contribution >= 0.6 is 0 Å². The second kappa shape index (κ2) is 7.07. The largest absolute Gasteiger partial charge is 0.459 e. The van der Waals surface area contributed by atoms with Gasteiger partial charge in [0.05, 0.1) is 0 Å². The number of rotatable bonds is 5. The number of carbonyl (C=O) groups excluding carboxylic acids is 1. The number of nitrogens with zero attached hydrogens (tertiary/aromatic N) is 1. The van der Waals surface area contributed by atoms with Crippen LogP contribution in [-0.4, -0.2) is 28.0 Å². The van der Waals surface area contributed by atoms with Crippen molar-refractivity contribution in [3.63, 3.8) is 0 Å². The van der Waals surface area contributed by atoms with Gasteiger partial charge in [0.25, 0.3) is 0 Å². The number of benzene rings is 2. The van der Waals surface area contributed by atoms with Crippen molar-refractivity contribution in [3.8, 4) is 0 Å². The van der Waals surface area contributed by atoms with Gasteiger partial charge in [0.1, 0.15) is 11.4 Å². The summed E-state index contributed by atoms with van der Waals surface area (Å²) in [6.07, 6.45) is 1.56. The molecular formula is C21H21FN2O4. The van der Waals surface area contributed by atoms with Crippen LogP contribution < -0.4 is 0 Å². The van der Waals surface area contributed by atoms with E-state index in [9.17, 15) is 19.3 Å². The fourth-order valence-electron chi connectivity index (χ4n) is 3.36. The Kier molecular flexibility index (Phi) is 4.93. The number of nitrogens with one attached hydrogen (secondary N) is 1. The zero-order valence-corrected chi connectivity index (χ0v) is 15.9. The molecule has 146 valence electrons. The highest BCUT2D eigenvalue weighted by molar-refractivity contribution is 5.96. The van der Waals surface area contributed by atoms with Gasteiger partial charge >= 0.3 is 5.97 Å². The molecule has 3 aromatic rings. The quantitative estimate of drug-likeness (QED) is 0.406. The molecule has 0 amide bonds. The first kappa shape index (κ1) is 19.5. The number of para-hydroxylation sites is 1. The monoisotopic (exact) mass is 384 g/mol. The number of aromatic nitrogens is 1. The molecule has 0 aliphatic heterocycles. The molecule has 7 heteroatoms. The summed E-state index contributed by atoms with van der Waals surface area (Å²) in [7, 11) is 0. The van der Waals surface area contributed by atoms with Crippen LogP contribution in [-0.2, 0) is 14.9 Å². The van der Waals surface area contributed by atoms with Gasteiger partial charge in [-0.05, 0) is 44.5 Å². The van der Waals surface area contributed by atoms with Gasteiger partial charge in [-0.3, -0.25) is 14.9 Å². The third-order valence-electron chi connectivity index (χ3n) is 4.48. The topological polar surface area (TPSA) is 85.2 Å². The van der Waals surface area contributed by atoms with Crippen LogP contribution in [0.5, 0.6) is 0 Å². The molecule has 2 aromatic carbocycles. The summed E-state index contributed by atoms with van der Waals surface area (Å²) < 4.78 is 19.7. The van der Waals surface area contributed by atoms with E-state index < -0.39 is 34.3 Å². The predicted octanol–water partition coefficient (Wildman–Crippen LogP) is 4.21. The van der Waals surface area contributed by atoms with Gasteiger partial charge in [0, 0.05) is 27.6 Å². The minimum atomic E-state index is -1.81. The molecule has 1 heterocycles. The summed E-state index contributed by atoms with van der Waals surface area (Å²) >= 11 is 0. The molecule has 0 unspecified atom stereocenters. The summed E-state index contributed by atoms with van der Waals surface area (Å²) in [5, 5.41) is 12.3. The molecule has 0 fully saturated rings. The predicted molar refractivity (Wildman–Crippen MR) is 103 cm³/mol. The molecule has 28 heavy (non-hydrogen) atoms. The normalized spacial score (nSPS) is 13.9. The fraction of sp³-hybridized carbons (Fsp3) is 0.286. The van der Waals surface area contributed by atoms with E-state index in [4.69, 9.17) is 4.74 Å². The average Bonchev–Trinajstić information content (AvgIpc) is 3.02. The van der Waals surface area contributed by atoms with Crippen molar-refractivity contribution in [2.75, 3.05) is 6.54 Å². The lowest BCUT2D eigenvalue weighted by molar-refractivity contribution is -0.486. The number of nitro groups is 1. The summed E-state index contributed by atoms with van der Waals surface area (Å²) in [5.74, 6) is -1.39. The van der Waals surface area contributed by atoms with Gasteiger partial charge in [-0.15, -0.1) is 0 Å². The van der Waals surface area contributed by atoms with Gasteiger partial charge < -0.3 is 9.72 Å². The SMILES string of the molecule is CC(C)(C)OC(=O)[C@@](C[N+](=O)[O-])(c1cccc(F)c1)c1c[nH]c2ccccc12. The molecule has 1 N–H and O–H groups in total. The van der Waals surface area contributed by atoms with Crippen molar-refractivity contribution >= 4 is 16.9 Å². The van der Waals surface area contributed by atoms with Crippen LogP contribution in [0.2, 0.25) is 0 Å². The zero-order valence-electron chi connectivity index (χ0n) is 15.9. The Morgan fingerprint density at radius 2 is 1.89 bits per heavy atom. The second-order valence-corrected chi connectivity index (χ2v) is 7.66. The molecule has 0 saturated carbocycles. The van der Waals surface area contributed by atoms with Crippen LogP contribution in [0, 0.1) is 15.9 Å². The van der Waals surface area contributed by atoms with Crippen molar-refractivity contribution in [1.29, 1.82) is 0 Å². The third kappa shape index (κ3) is 3.60. The maximum absolute atomic E-state index is 14.1. The number of carbonyl (C=O) groups is 1. The number of H-pyrrole nitrogens is 1. The summed E-state index contributed by atoms with van der Waals surface area (Å²) in [4.78, 5) is 27.5. The maximum atomic E-state index is 14.1. The van der Waals surface area contributed by atoms with Gasteiger partial charge in [-0.25, -0.2) is 4.39 Å². The Labute approximate surface area is 161 Å². The van der Waals surface area contributed by atoms with Gasteiger partial charge in [0.15, 0.2) is 5.41 Å². The lowest BCUT2D eigenvalue weighted by atomic mass is 9.74. The van der Waals surface area contributed by atoms with E-state index in [0.717, 1.165) is 6.07 Å². The van der Waals surface area contributed by atoms with Crippen LogP contribution in [0.15, 0.2) is 54.7 Å². The highest BCUT2D eigenvalue weighted by Gasteiger charge is 2.51. The Morgan fingerprint density at radius 3 is 2.54 bits per heavy atom. The highest BCUT2D eigenvalue weighted by atomic mass is 19.1. The van der Waals surface area contributed by atoms with Crippen molar-refractivity contribution in [1.82, 2.24) is 4.98 Å². The number of hydrogen-bond acceptors (Lipinski definition) is 4. The Morgan fingerprint density at radius 1 is 1.18 bits per heavy atom. The van der Waals surface area contributed by atoms with Crippen molar-refractivity contribution in [2.24, 2.45) is 0 Å². The number of hydrogen-bond donors (Lipinski definition) is 1. The average molecular weight is 384 g/mol. The Hall–Kier alpha value is -3.22. The molecular weight excluding hydrogens is 363 g/mol. The standard InChI is InChI=1S/C21H21FN2O4/c1-20(2,3)28-19(25)21(13-24(26)27,14-7-6-8-15(22)11-14)17-12-23-18-10-5-4-9-16(17)18/h4-12,23H,13H2,1-3H3/t21-/m0/s1. The Bertz CT molecular complexity index is 1040. The molecule has 3 rings (SSSR count). The van der Waals surface area contributed by atoms with Crippen molar-refractivity contribution in [2.45, 2.75) is 31.8 Å². The molecule has 0 bridgehead atoms. The minimum absolute atomic E-state index is 0.170. The number of esters is 1. The maximum Gasteiger partial charge on any atom is 0.328 e. The molecule has 1 atom stereocenters. The van der Waals surface area contributed by atoms with Crippen LogP contribution in [0.4, 0.5) is 4.39 Å². The number of ether oxygens (including phenoxy) is 1. The molecule has 6 nitrogen and oxygen atoms in total. The fourth-order valence-corrected chi connectivity index (χ4v) is 3.36. The summed E-state index contributed by atoms with van der Waals surface area (Å²) in [6, 6.07) is 12.5. The van der Waals surface area contributed by atoms with Crippen LogP contribution in [0.3, 0.4) is 0 Å². The molecule has 0 radical (unpaired) electrons. The molecule has 0 aliphatic carbocycles. The van der Waals surface area contributed by atoms with E-state index in [0.29, 0.717) is 16.5 Å². The van der Waals surface area contributed by atoms with Gasteiger partial charge in [-0.1, -0.05) is 30.3 Å². The van der Waals surface area contributed by atoms with E-state index in [1.165, 1.54) is 18.2 Å². The first-order chi connectivity index (χ1) is 13.1. The second-order valence-electron chi connectivity index (χ2n) is 7.66. The minimum Gasteiger partial charge on any atom is -0.459 e. The molecule has 1 aromatic heterocycles. The molecule has 0 aliphatic rings. The zero-order chi connectivity index (χ0) is 20.5.